The van der Waals surface area contributed by atoms with Crippen molar-refractivity contribution in [1.29, 1.82) is 0 Å². The Morgan fingerprint density at radius 3 is 1.35 bits per heavy atom. The lowest BCUT2D eigenvalue weighted by atomic mass is 10.2. The van der Waals surface area contributed by atoms with Crippen LogP contribution in [-0.2, 0) is 9.47 Å². The van der Waals surface area contributed by atoms with Gasteiger partial charge in [0.05, 0.1) is 27.4 Å². The molecule has 4 rings (SSSR count). The number of hydrogen-bond donors (Lipinski definition) is 0. The van der Waals surface area contributed by atoms with E-state index < -0.39 is 11.9 Å². The Morgan fingerprint density at radius 1 is 0.650 bits per heavy atom. The normalized spacial score (nSPS) is 10.8. The maximum Gasteiger partial charge on any atom is 0.361 e. The lowest BCUT2D eigenvalue weighted by Crippen LogP contribution is -2.10. The molecule has 0 bridgehead atoms. The summed E-state index contributed by atoms with van der Waals surface area (Å²) in [5.41, 5.74) is 0.886. The number of rotatable bonds is 13. The van der Waals surface area contributed by atoms with Crippen molar-refractivity contribution in [3.8, 4) is 45.9 Å². The Kier molecular flexibility index (Phi) is 9.56. The summed E-state index contributed by atoms with van der Waals surface area (Å²) in [6.07, 6.45) is 3.06. The first-order valence-electron chi connectivity index (χ1n) is 13.1. The fourth-order valence-electron chi connectivity index (χ4n) is 3.69. The summed E-state index contributed by atoms with van der Waals surface area (Å²) in [5, 5.41) is 0. The Labute approximate surface area is 232 Å². The molecule has 0 aliphatic rings. The molecule has 0 aliphatic heterocycles. The van der Waals surface area contributed by atoms with Crippen molar-refractivity contribution < 1.29 is 37.4 Å². The first-order chi connectivity index (χ1) is 19.5. The molecule has 0 fully saturated rings. The molecule has 40 heavy (non-hydrogen) atoms. The number of methoxy groups -OCH3 is 2. The van der Waals surface area contributed by atoms with Gasteiger partial charge >= 0.3 is 11.9 Å². The van der Waals surface area contributed by atoms with Gasteiger partial charge in [-0.2, -0.15) is 0 Å². The third-order valence-electron chi connectivity index (χ3n) is 5.98. The topological polar surface area (TPSA) is 123 Å². The molecule has 0 spiro atoms. The summed E-state index contributed by atoms with van der Waals surface area (Å²) in [5.74, 6) is -0.0265. The van der Waals surface area contributed by atoms with Gasteiger partial charge in [0.1, 0.15) is 11.5 Å². The smallest absolute Gasteiger partial charge is 0.361 e. The van der Waals surface area contributed by atoms with E-state index in [4.69, 9.17) is 27.8 Å². The van der Waals surface area contributed by atoms with Crippen LogP contribution < -0.4 is 9.47 Å². The first kappa shape index (κ1) is 28.4. The minimum atomic E-state index is -0.709. The average molecular weight is 549 g/mol. The second kappa shape index (κ2) is 13.5. The van der Waals surface area contributed by atoms with E-state index in [2.05, 4.69) is 9.97 Å². The number of esters is 2. The molecule has 2 aromatic carbocycles. The molecule has 0 atom stereocenters. The van der Waals surface area contributed by atoms with Crippen molar-refractivity contribution in [1.82, 2.24) is 9.97 Å². The minimum absolute atomic E-state index is 0.0815. The number of carbonyl (C=O) groups excluding carboxylic acids is 2. The van der Waals surface area contributed by atoms with Gasteiger partial charge in [0.25, 0.3) is 0 Å². The number of nitrogens with zero attached hydrogens (tertiary/aromatic N) is 2. The number of hydrogen-bond acceptors (Lipinski definition) is 10. The van der Waals surface area contributed by atoms with Gasteiger partial charge in [0.2, 0.25) is 23.3 Å². The van der Waals surface area contributed by atoms with E-state index in [1.807, 2.05) is 13.8 Å². The van der Waals surface area contributed by atoms with E-state index in [0.29, 0.717) is 35.5 Å². The quantitative estimate of drug-likeness (QED) is 0.133. The second-order valence-corrected chi connectivity index (χ2v) is 8.83. The van der Waals surface area contributed by atoms with Gasteiger partial charge in [-0.15, -0.1) is 0 Å². The van der Waals surface area contributed by atoms with Crippen molar-refractivity contribution >= 4 is 11.9 Å². The molecule has 210 valence electrons. The highest BCUT2D eigenvalue weighted by Gasteiger charge is 2.32. The van der Waals surface area contributed by atoms with Crippen LogP contribution >= 0.6 is 0 Å². The second-order valence-electron chi connectivity index (χ2n) is 8.83. The van der Waals surface area contributed by atoms with Gasteiger partial charge in [-0.25, -0.2) is 19.6 Å². The van der Waals surface area contributed by atoms with Crippen LogP contribution in [0.25, 0.3) is 34.4 Å². The van der Waals surface area contributed by atoms with E-state index in [-0.39, 0.29) is 47.9 Å². The lowest BCUT2D eigenvalue weighted by molar-refractivity contribution is 0.0481. The van der Waals surface area contributed by atoms with Crippen molar-refractivity contribution in [3.63, 3.8) is 0 Å². The summed E-state index contributed by atoms with van der Waals surface area (Å²) in [6, 6.07) is 13.9. The molecular formula is C30H32N2O8. The molecule has 10 heteroatoms. The van der Waals surface area contributed by atoms with Gasteiger partial charge < -0.3 is 27.8 Å². The van der Waals surface area contributed by atoms with E-state index in [0.717, 1.165) is 12.8 Å². The number of aromatic nitrogens is 2. The molecule has 2 heterocycles. The summed E-state index contributed by atoms with van der Waals surface area (Å²) in [7, 11) is 3.13. The van der Waals surface area contributed by atoms with Crippen LogP contribution in [0.5, 0.6) is 11.5 Å². The number of unbranched alkanes of at least 4 members (excludes halogenated alkanes) is 2. The van der Waals surface area contributed by atoms with E-state index in [1.165, 1.54) is 0 Å². The number of carbonyl (C=O) groups is 2. The molecule has 0 N–H and O–H groups in total. The van der Waals surface area contributed by atoms with Crippen molar-refractivity contribution in [3.05, 3.63) is 59.9 Å². The van der Waals surface area contributed by atoms with Gasteiger partial charge in [0.15, 0.2) is 11.4 Å². The summed E-state index contributed by atoms with van der Waals surface area (Å²) < 4.78 is 33.5. The molecule has 0 saturated carbocycles. The monoisotopic (exact) mass is 548 g/mol. The number of oxazole rings is 2. The van der Waals surface area contributed by atoms with E-state index in [9.17, 15) is 9.59 Å². The highest BCUT2D eigenvalue weighted by molar-refractivity contribution is 5.99. The summed E-state index contributed by atoms with van der Waals surface area (Å²) >= 11 is 0. The molecule has 0 unspecified atom stereocenters. The van der Waals surface area contributed by atoms with Crippen LogP contribution in [0.2, 0.25) is 0 Å². The van der Waals surface area contributed by atoms with Crippen molar-refractivity contribution in [2.75, 3.05) is 27.4 Å². The van der Waals surface area contributed by atoms with Crippen LogP contribution in [0, 0.1) is 0 Å². The maximum atomic E-state index is 13.1. The average Bonchev–Trinajstić information content (AvgIpc) is 3.63. The van der Waals surface area contributed by atoms with E-state index >= 15 is 0 Å². The molecule has 0 radical (unpaired) electrons. The highest BCUT2D eigenvalue weighted by atomic mass is 16.5. The highest BCUT2D eigenvalue weighted by Crippen LogP contribution is 2.36. The zero-order chi connectivity index (χ0) is 28.5. The molecule has 0 aliphatic carbocycles. The zero-order valence-electron chi connectivity index (χ0n) is 23.0. The standard InChI is InChI=1S/C30H32N2O8/c1-5-7-17-37-29(33)23-25(39-27(31-23)19-9-13-21(35-3)14-10-19)26-24(30(34)38-18-8-6-2)32-28(40-26)20-11-15-22(36-4)16-12-20/h9-16H,5-8,17-18H2,1-4H3. The molecular weight excluding hydrogens is 516 g/mol. The summed E-state index contributed by atoms with van der Waals surface area (Å²) in [4.78, 5) is 35.1. The molecule has 10 nitrogen and oxygen atoms in total. The van der Waals surface area contributed by atoms with Gasteiger partial charge in [-0.3, -0.25) is 0 Å². The predicted molar refractivity (Wildman–Crippen MR) is 146 cm³/mol. The fourth-order valence-corrected chi connectivity index (χ4v) is 3.69. The van der Waals surface area contributed by atoms with Crippen LogP contribution in [0.15, 0.2) is 57.4 Å². The lowest BCUT2D eigenvalue weighted by Gasteiger charge is -2.04. The van der Waals surface area contributed by atoms with Gasteiger partial charge in [0, 0.05) is 11.1 Å². The number of ether oxygens (including phenoxy) is 4. The van der Waals surface area contributed by atoms with Crippen LogP contribution in [0.1, 0.15) is 60.5 Å². The van der Waals surface area contributed by atoms with Crippen molar-refractivity contribution in [2.24, 2.45) is 0 Å². The fraction of sp³-hybridized carbons (Fsp3) is 0.333. The largest absolute Gasteiger partial charge is 0.497 e. The first-order valence-corrected chi connectivity index (χ1v) is 13.1. The van der Waals surface area contributed by atoms with E-state index in [1.54, 1.807) is 62.8 Å². The van der Waals surface area contributed by atoms with Crippen LogP contribution in [0.3, 0.4) is 0 Å². The SMILES string of the molecule is CCCCOC(=O)c1nc(-c2ccc(OC)cc2)oc1-c1oc(-c2ccc(OC)cc2)nc1C(=O)OCCCC. The molecule has 0 amide bonds. The molecule has 0 saturated heterocycles. The number of benzene rings is 2. The Bertz CT molecular complexity index is 1310. The van der Waals surface area contributed by atoms with Crippen LogP contribution in [0.4, 0.5) is 0 Å². The Hall–Kier alpha value is -4.60. The maximum absolute atomic E-state index is 13.1. The Morgan fingerprint density at radius 2 is 1.02 bits per heavy atom. The van der Waals surface area contributed by atoms with Crippen LogP contribution in [-0.4, -0.2) is 49.3 Å². The third kappa shape index (κ3) is 6.51. The van der Waals surface area contributed by atoms with Gasteiger partial charge in [-0.1, -0.05) is 26.7 Å². The zero-order valence-corrected chi connectivity index (χ0v) is 23.0. The Balaban J connectivity index is 1.83. The molecule has 2 aromatic heterocycles. The minimum Gasteiger partial charge on any atom is -0.497 e. The third-order valence-corrected chi connectivity index (χ3v) is 5.98. The molecule has 4 aromatic rings. The predicted octanol–water partition coefficient (Wildman–Crippen LogP) is 6.59. The van der Waals surface area contributed by atoms with Gasteiger partial charge in [-0.05, 0) is 61.4 Å². The van der Waals surface area contributed by atoms with Crippen molar-refractivity contribution in [2.45, 2.75) is 39.5 Å². The summed E-state index contributed by atoms with van der Waals surface area (Å²) in [6.45, 7) is 4.39.